The molecule has 0 aromatic heterocycles. The molecule has 0 heterocycles. The SMILES string of the molecule is [Ti+2]=[C]1CCCCC1. The van der Waals surface area contributed by atoms with Gasteiger partial charge in [0, 0.05) is 0 Å². The van der Waals surface area contributed by atoms with E-state index >= 15 is 0 Å². The van der Waals surface area contributed by atoms with Crippen molar-refractivity contribution < 1.29 is 20.0 Å². The zero-order valence-corrected chi connectivity index (χ0v) is 6.10. The molecule has 1 heteroatoms. The average Bonchev–Trinajstić information content (AvgIpc) is 1.69. The molecule has 0 saturated heterocycles. The van der Waals surface area contributed by atoms with Gasteiger partial charge in [-0.3, -0.25) is 0 Å². The van der Waals surface area contributed by atoms with Gasteiger partial charge in [0.1, 0.15) is 0 Å². The van der Waals surface area contributed by atoms with E-state index in [1.54, 1.807) is 3.81 Å². The minimum atomic E-state index is 1.40. The molecule has 1 aliphatic carbocycles. The van der Waals surface area contributed by atoms with Gasteiger partial charge in [-0.05, 0) is 0 Å². The van der Waals surface area contributed by atoms with E-state index in [-0.39, 0.29) is 0 Å². The first-order valence-corrected chi connectivity index (χ1v) is 3.74. The predicted octanol–water partition coefficient (Wildman–Crippen LogP) is 1.67. The molecule has 0 bridgehead atoms. The van der Waals surface area contributed by atoms with Crippen LogP contribution in [0, 0.1) is 0 Å². The molecular weight excluding hydrogens is 120 g/mol. The summed E-state index contributed by atoms with van der Waals surface area (Å²) in [5.74, 6) is 0. The quantitative estimate of drug-likeness (QED) is 0.437. The van der Waals surface area contributed by atoms with Crippen LogP contribution in [0.4, 0.5) is 0 Å². The van der Waals surface area contributed by atoms with Gasteiger partial charge in [-0.25, -0.2) is 0 Å². The maximum atomic E-state index is 2.28. The van der Waals surface area contributed by atoms with Crippen molar-refractivity contribution in [2.24, 2.45) is 0 Å². The van der Waals surface area contributed by atoms with Crippen LogP contribution in [0.2, 0.25) is 0 Å². The Hall–Kier alpha value is 0.584. The second kappa shape index (κ2) is 2.79. The van der Waals surface area contributed by atoms with Gasteiger partial charge < -0.3 is 0 Å². The summed E-state index contributed by atoms with van der Waals surface area (Å²) < 4.78 is 1.71. The predicted molar refractivity (Wildman–Crippen MR) is 28.1 cm³/mol. The van der Waals surface area contributed by atoms with Crippen molar-refractivity contribution in [1.82, 2.24) is 0 Å². The van der Waals surface area contributed by atoms with Crippen molar-refractivity contribution in [3.05, 3.63) is 0 Å². The first-order chi connectivity index (χ1) is 3.39. The zero-order valence-electron chi connectivity index (χ0n) is 4.54. The normalized spacial score (nSPS) is 22.9. The third-order valence-electron chi connectivity index (χ3n) is 1.46. The fraction of sp³-hybridized carbons (Fsp3) is 0.833. The average molecular weight is 130 g/mol. The van der Waals surface area contributed by atoms with Crippen LogP contribution in [-0.4, -0.2) is 3.81 Å². The Bertz CT molecular complexity index is 68.2. The molecule has 0 nitrogen and oxygen atoms in total. The Morgan fingerprint density at radius 3 is 1.86 bits per heavy atom. The van der Waals surface area contributed by atoms with Crippen molar-refractivity contribution in [3.63, 3.8) is 0 Å². The van der Waals surface area contributed by atoms with Gasteiger partial charge in [0.15, 0.2) is 0 Å². The minimum absolute atomic E-state index is 1.40. The molecule has 7 heavy (non-hydrogen) atoms. The molecule has 0 aromatic carbocycles. The number of hydrogen-bond acceptors (Lipinski definition) is 0. The van der Waals surface area contributed by atoms with Crippen LogP contribution in [0.25, 0.3) is 0 Å². The first-order valence-electron chi connectivity index (χ1n) is 2.96. The van der Waals surface area contributed by atoms with Gasteiger partial charge in [0.05, 0.1) is 0 Å². The van der Waals surface area contributed by atoms with Gasteiger partial charge >= 0.3 is 55.9 Å². The van der Waals surface area contributed by atoms with E-state index < -0.39 is 0 Å². The second-order valence-electron chi connectivity index (χ2n) is 2.16. The van der Waals surface area contributed by atoms with Gasteiger partial charge in [0.2, 0.25) is 0 Å². The summed E-state index contributed by atoms with van der Waals surface area (Å²) in [7, 11) is 0. The number of rotatable bonds is 0. The molecule has 1 aliphatic rings. The van der Waals surface area contributed by atoms with E-state index in [1.807, 2.05) is 0 Å². The molecule has 36 valence electrons. The molecule has 1 fully saturated rings. The summed E-state index contributed by atoms with van der Waals surface area (Å²) in [6.07, 6.45) is 7.18. The standard InChI is InChI=1S/C6H10.Ti/c1-2-4-6-5-3-1;/h1-5H2;/q;+2. The molecule has 0 aliphatic heterocycles. The Labute approximate surface area is 56.2 Å². The molecule has 0 radical (unpaired) electrons. The Balaban J connectivity index is 2.25. The van der Waals surface area contributed by atoms with Crippen molar-refractivity contribution >= 4 is 3.81 Å². The van der Waals surface area contributed by atoms with E-state index in [2.05, 4.69) is 20.0 Å². The Morgan fingerprint density at radius 1 is 1.00 bits per heavy atom. The monoisotopic (exact) mass is 130 g/mol. The molecule has 0 N–H and O–H groups in total. The Kier molecular flexibility index (Phi) is 2.28. The fourth-order valence-corrected chi connectivity index (χ4v) is 1.53. The van der Waals surface area contributed by atoms with Gasteiger partial charge in [-0.1, -0.05) is 0 Å². The van der Waals surface area contributed by atoms with Gasteiger partial charge in [-0.15, -0.1) is 0 Å². The third-order valence-corrected chi connectivity index (χ3v) is 2.24. The molecule has 0 aromatic rings. The fourth-order valence-electron chi connectivity index (χ4n) is 0.979. The van der Waals surface area contributed by atoms with Gasteiger partial charge in [0.25, 0.3) is 0 Å². The third kappa shape index (κ3) is 1.88. The molecular formula is C6H10Ti+2. The summed E-state index contributed by atoms with van der Waals surface area (Å²) in [5, 5.41) is 0. The molecule has 0 atom stereocenters. The topological polar surface area (TPSA) is 0 Å². The molecule has 0 amide bonds. The summed E-state index contributed by atoms with van der Waals surface area (Å²) >= 11 is 2.28. The second-order valence-corrected chi connectivity index (χ2v) is 3.27. The van der Waals surface area contributed by atoms with Crippen molar-refractivity contribution in [3.8, 4) is 0 Å². The van der Waals surface area contributed by atoms with Crippen LogP contribution in [0.5, 0.6) is 0 Å². The summed E-state index contributed by atoms with van der Waals surface area (Å²) in [6, 6.07) is 0. The maximum absolute atomic E-state index is 2.28. The zero-order chi connectivity index (χ0) is 5.11. The van der Waals surface area contributed by atoms with Crippen molar-refractivity contribution in [1.29, 1.82) is 0 Å². The molecule has 1 saturated carbocycles. The van der Waals surface area contributed by atoms with E-state index in [0.29, 0.717) is 0 Å². The van der Waals surface area contributed by atoms with Crippen LogP contribution < -0.4 is 0 Å². The summed E-state index contributed by atoms with van der Waals surface area (Å²) in [5.41, 5.74) is 0. The Morgan fingerprint density at radius 2 is 1.57 bits per heavy atom. The molecule has 1 rings (SSSR count). The van der Waals surface area contributed by atoms with Crippen LogP contribution in [0.3, 0.4) is 0 Å². The van der Waals surface area contributed by atoms with E-state index in [4.69, 9.17) is 0 Å². The van der Waals surface area contributed by atoms with E-state index in [0.717, 1.165) is 0 Å². The molecule has 0 unspecified atom stereocenters. The van der Waals surface area contributed by atoms with Crippen LogP contribution >= 0.6 is 0 Å². The summed E-state index contributed by atoms with van der Waals surface area (Å²) in [4.78, 5) is 0. The van der Waals surface area contributed by atoms with Gasteiger partial charge in [-0.2, -0.15) is 0 Å². The summed E-state index contributed by atoms with van der Waals surface area (Å²) in [6.45, 7) is 0. The van der Waals surface area contributed by atoms with E-state index in [1.165, 1.54) is 32.1 Å². The molecule has 0 spiro atoms. The van der Waals surface area contributed by atoms with Crippen LogP contribution in [0.15, 0.2) is 0 Å². The van der Waals surface area contributed by atoms with Crippen LogP contribution in [0.1, 0.15) is 32.1 Å². The van der Waals surface area contributed by atoms with Crippen LogP contribution in [-0.2, 0) is 20.0 Å². The van der Waals surface area contributed by atoms with Crippen molar-refractivity contribution in [2.75, 3.05) is 0 Å². The van der Waals surface area contributed by atoms with Crippen molar-refractivity contribution in [2.45, 2.75) is 32.1 Å². The first kappa shape index (κ1) is 5.72. The van der Waals surface area contributed by atoms with E-state index in [9.17, 15) is 0 Å². The number of hydrogen-bond donors (Lipinski definition) is 0.